The molecule has 0 atom stereocenters. The third-order valence-corrected chi connectivity index (χ3v) is 6.13. The Kier molecular flexibility index (Phi) is 8.48. The number of nitriles is 1. The Balaban J connectivity index is 1.41. The van der Waals surface area contributed by atoms with Crippen LogP contribution in [0.3, 0.4) is 0 Å². The number of benzene rings is 3. The van der Waals surface area contributed by atoms with Gasteiger partial charge in [-0.05, 0) is 60.5 Å². The molecule has 2 N–H and O–H groups in total. The zero-order valence-electron chi connectivity index (χ0n) is 22.4. The van der Waals surface area contributed by atoms with Crippen molar-refractivity contribution in [2.75, 3.05) is 17.2 Å². The first-order chi connectivity index (χ1) is 20.1. The molecule has 8 nitrogen and oxygen atoms in total. The molecule has 8 heteroatoms. The molecule has 0 aliphatic rings. The quantitative estimate of drug-likeness (QED) is 0.186. The van der Waals surface area contributed by atoms with Crippen LogP contribution in [0.5, 0.6) is 11.5 Å². The maximum atomic E-state index is 12.8. The van der Waals surface area contributed by atoms with E-state index in [9.17, 15) is 10.1 Å². The lowest BCUT2D eigenvalue weighted by Gasteiger charge is -2.16. The standard InChI is InChI=1S/C33H27N5O3/c1-2-40-31-18-29-28(17-30(31)38-32(39)15-10-23-9-6-16-35-20-23)33(25(19-34)21-36-29)37-26-11-13-27(14-12-26)41-22-24-7-4-3-5-8-24/h3-18,20-21H,2,22H2,1H3,(H,36,37)(H,38,39)/b15-10+. The summed E-state index contributed by atoms with van der Waals surface area (Å²) in [6.07, 6.45) is 7.97. The highest BCUT2D eigenvalue weighted by atomic mass is 16.5. The minimum Gasteiger partial charge on any atom is -0.492 e. The molecule has 0 bridgehead atoms. The maximum absolute atomic E-state index is 12.8. The Hall–Kier alpha value is -5.68. The Morgan fingerprint density at radius 1 is 1.00 bits per heavy atom. The Morgan fingerprint density at radius 2 is 1.83 bits per heavy atom. The number of rotatable bonds is 10. The first-order valence-electron chi connectivity index (χ1n) is 13.1. The van der Waals surface area contributed by atoms with Crippen molar-refractivity contribution in [3.8, 4) is 17.6 Å². The van der Waals surface area contributed by atoms with E-state index in [1.165, 1.54) is 12.3 Å². The minimum atomic E-state index is -0.334. The van der Waals surface area contributed by atoms with E-state index in [4.69, 9.17) is 9.47 Å². The van der Waals surface area contributed by atoms with E-state index in [1.54, 1.807) is 36.7 Å². The zero-order valence-corrected chi connectivity index (χ0v) is 22.4. The maximum Gasteiger partial charge on any atom is 0.248 e. The summed E-state index contributed by atoms with van der Waals surface area (Å²) in [6, 6.07) is 26.8. The van der Waals surface area contributed by atoms with Crippen LogP contribution in [0.1, 0.15) is 23.6 Å². The van der Waals surface area contributed by atoms with Crippen LogP contribution >= 0.6 is 0 Å². The number of fused-ring (bicyclic) bond motifs is 1. The van der Waals surface area contributed by atoms with Gasteiger partial charge in [-0.2, -0.15) is 5.26 Å². The predicted molar refractivity (Wildman–Crippen MR) is 160 cm³/mol. The minimum absolute atomic E-state index is 0.334. The first-order valence-corrected chi connectivity index (χ1v) is 13.1. The number of hydrogen-bond acceptors (Lipinski definition) is 7. The van der Waals surface area contributed by atoms with Gasteiger partial charge in [-0.3, -0.25) is 14.8 Å². The molecule has 5 rings (SSSR count). The number of anilines is 3. The number of carbonyl (C=O) groups excluding carboxylic acids is 1. The normalized spacial score (nSPS) is 10.7. The fraction of sp³-hybridized carbons (Fsp3) is 0.0909. The van der Waals surface area contributed by atoms with Crippen LogP contribution < -0.4 is 20.1 Å². The smallest absolute Gasteiger partial charge is 0.248 e. The Bertz CT molecular complexity index is 1710. The van der Waals surface area contributed by atoms with E-state index in [0.717, 1.165) is 22.6 Å². The van der Waals surface area contributed by atoms with Gasteiger partial charge in [0.25, 0.3) is 0 Å². The molecular formula is C33H27N5O3. The topological polar surface area (TPSA) is 109 Å². The molecule has 2 aromatic heterocycles. The summed E-state index contributed by atoms with van der Waals surface area (Å²) in [5.41, 5.74) is 4.65. The van der Waals surface area contributed by atoms with Crippen molar-refractivity contribution in [3.63, 3.8) is 0 Å². The van der Waals surface area contributed by atoms with Crippen molar-refractivity contribution in [2.24, 2.45) is 0 Å². The van der Waals surface area contributed by atoms with Crippen molar-refractivity contribution < 1.29 is 14.3 Å². The molecule has 0 unspecified atom stereocenters. The van der Waals surface area contributed by atoms with E-state index in [0.29, 0.717) is 46.8 Å². The van der Waals surface area contributed by atoms with Crippen molar-refractivity contribution in [3.05, 3.63) is 120 Å². The van der Waals surface area contributed by atoms with Gasteiger partial charge in [-0.25, -0.2) is 0 Å². The molecule has 41 heavy (non-hydrogen) atoms. The number of hydrogen-bond donors (Lipinski definition) is 2. The number of aromatic nitrogens is 2. The number of amides is 1. The second-order valence-electron chi connectivity index (χ2n) is 8.99. The molecule has 0 fully saturated rings. The fourth-order valence-corrected chi connectivity index (χ4v) is 4.15. The number of pyridine rings is 2. The van der Waals surface area contributed by atoms with Crippen LogP contribution in [-0.4, -0.2) is 22.5 Å². The van der Waals surface area contributed by atoms with Gasteiger partial charge in [0.1, 0.15) is 24.2 Å². The SMILES string of the molecule is CCOc1cc2ncc(C#N)c(Nc3ccc(OCc4ccccc4)cc3)c2cc1NC(=O)/C=C/c1cccnc1. The van der Waals surface area contributed by atoms with Gasteiger partial charge in [0, 0.05) is 41.8 Å². The van der Waals surface area contributed by atoms with Crippen molar-refractivity contribution in [1.29, 1.82) is 5.26 Å². The molecule has 0 saturated heterocycles. The number of ether oxygens (including phenoxy) is 2. The molecule has 0 spiro atoms. The van der Waals surface area contributed by atoms with Crippen LogP contribution in [0.4, 0.5) is 17.1 Å². The molecular weight excluding hydrogens is 514 g/mol. The van der Waals surface area contributed by atoms with Gasteiger partial charge < -0.3 is 20.1 Å². The summed E-state index contributed by atoms with van der Waals surface area (Å²) < 4.78 is 11.7. The lowest BCUT2D eigenvalue weighted by molar-refractivity contribution is -0.111. The van der Waals surface area contributed by atoms with Gasteiger partial charge in [0.2, 0.25) is 5.91 Å². The molecule has 0 aliphatic carbocycles. The van der Waals surface area contributed by atoms with Crippen molar-refractivity contribution in [1.82, 2.24) is 9.97 Å². The Labute approximate surface area is 237 Å². The van der Waals surface area contributed by atoms with Crippen LogP contribution in [-0.2, 0) is 11.4 Å². The van der Waals surface area contributed by atoms with E-state index in [-0.39, 0.29) is 5.91 Å². The van der Waals surface area contributed by atoms with Crippen molar-refractivity contribution >= 4 is 39.9 Å². The van der Waals surface area contributed by atoms with E-state index in [2.05, 4.69) is 26.7 Å². The highest BCUT2D eigenvalue weighted by Gasteiger charge is 2.15. The predicted octanol–water partition coefficient (Wildman–Crippen LogP) is 6.87. The van der Waals surface area contributed by atoms with Crippen LogP contribution in [0, 0.1) is 11.3 Å². The summed E-state index contributed by atoms with van der Waals surface area (Å²) in [5, 5.41) is 16.8. The molecule has 202 valence electrons. The molecule has 2 heterocycles. The third kappa shape index (κ3) is 6.85. The molecule has 0 aliphatic heterocycles. The highest BCUT2D eigenvalue weighted by Crippen LogP contribution is 2.36. The average Bonchev–Trinajstić information content (AvgIpc) is 3.01. The first kappa shape index (κ1) is 26.9. The van der Waals surface area contributed by atoms with E-state index >= 15 is 0 Å². The van der Waals surface area contributed by atoms with Crippen molar-refractivity contribution in [2.45, 2.75) is 13.5 Å². The number of nitrogens with one attached hydrogen (secondary N) is 2. The molecule has 1 amide bonds. The average molecular weight is 542 g/mol. The van der Waals surface area contributed by atoms with Gasteiger partial charge in [0.15, 0.2) is 0 Å². The van der Waals surface area contributed by atoms with Gasteiger partial charge >= 0.3 is 0 Å². The highest BCUT2D eigenvalue weighted by molar-refractivity contribution is 6.06. The van der Waals surface area contributed by atoms with E-state index in [1.807, 2.05) is 67.6 Å². The van der Waals surface area contributed by atoms with Gasteiger partial charge in [0.05, 0.1) is 29.1 Å². The monoisotopic (exact) mass is 541 g/mol. The van der Waals surface area contributed by atoms with Gasteiger partial charge in [-0.15, -0.1) is 0 Å². The lowest BCUT2D eigenvalue weighted by atomic mass is 10.1. The third-order valence-electron chi connectivity index (χ3n) is 6.13. The number of carbonyl (C=O) groups is 1. The molecule has 5 aromatic rings. The lowest BCUT2D eigenvalue weighted by Crippen LogP contribution is -2.10. The second-order valence-corrected chi connectivity index (χ2v) is 8.99. The Morgan fingerprint density at radius 3 is 2.56 bits per heavy atom. The molecule has 0 radical (unpaired) electrons. The summed E-state index contributed by atoms with van der Waals surface area (Å²) in [4.78, 5) is 21.3. The molecule has 0 saturated carbocycles. The molecule has 3 aromatic carbocycles. The zero-order chi connectivity index (χ0) is 28.4. The van der Waals surface area contributed by atoms with Crippen LogP contribution in [0.2, 0.25) is 0 Å². The number of nitrogens with zero attached hydrogens (tertiary/aromatic N) is 3. The summed E-state index contributed by atoms with van der Waals surface area (Å²) in [6.45, 7) is 2.74. The summed E-state index contributed by atoms with van der Waals surface area (Å²) in [7, 11) is 0. The summed E-state index contributed by atoms with van der Waals surface area (Å²) >= 11 is 0. The second kappa shape index (κ2) is 12.9. The van der Waals surface area contributed by atoms with Crippen LogP contribution in [0.15, 0.2) is 104 Å². The van der Waals surface area contributed by atoms with E-state index < -0.39 is 0 Å². The summed E-state index contributed by atoms with van der Waals surface area (Å²) in [5.74, 6) is 0.871. The fourth-order valence-electron chi connectivity index (χ4n) is 4.15. The van der Waals surface area contributed by atoms with Gasteiger partial charge in [-0.1, -0.05) is 36.4 Å². The van der Waals surface area contributed by atoms with Crippen LogP contribution in [0.25, 0.3) is 17.0 Å². The largest absolute Gasteiger partial charge is 0.492 e.